The Morgan fingerprint density at radius 3 is 2.89 bits per heavy atom. The van der Waals surface area contributed by atoms with Gasteiger partial charge in [0.1, 0.15) is 5.75 Å². The zero-order chi connectivity index (χ0) is 13.1. The monoisotopic (exact) mass is 311 g/mol. The highest BCUT2D eigenvalue weighted by Crippen LogP contribution is 2.29. The van der Waals surface area contributed by atoms with E-state index in [1.54, 1.807) is 7.11 Å². The van der Waals surface area contributed by atoms with Gasteiger partial charge in [0, 0.05) is 18.0 Å². The van der Waals surface area contributed by atoms with Crippen LogP contribution in [0.1, 0.15) is 12.7 Å². The van der Waals surface area contributed by atoms with Gasteiger partial charge < -0.3 is 15.0 Å². The molecule has 2 N–H and O–H groups in total. The van der Waals surface area contributed by atoms with Gasteiger partial charge in [-0.05, 0) is 41.1 Å². The fraction of sp³-hybridized carbons (Fsp3) is 0.333. The third-order valence-corrected chi connectivity index (χ3v) is 2.99. The van der Waals surface area contributed by atoms with Crippen LogP contribution in [0.2, 0.25) is 0 Å². The minimum absolute atomic E-state index is 0.0121. The standard InChI is InChI=1S/C12H14BrN3O2/c1-7(14)5-11-15-12(18-16-11)8-3-4-10(17-2)9(13)6-8/h3-4,6-7H,5,14H2,1-2H3. The fourth-order valence-electron chi connectivity index (χ4n) is 1.54. The molecule has 0 amide bonds. The first-order chi connectivity index (χ1) is 8.60. The Morgan fingerprint density at radius 2 is 2.28 bits per heavy atom. The second-order valence-electron chi connectivity index (χ2n) is 4.05. The topological polar surface area (TPSA) is 74.2 Å². The number of hydrogen-bond donors (Lipinski definition) is 1. The maximum absolute atomic E-state index is 5.69. The van der Waals surface area contributed by atoms with Crippen molar-refractivity contribution in [1.29, 1.82) is 0 Å². The van der Waals surface area contributed by atoms with E-state index in [0.717, 1.165) is 15.8 Å². The van der Waals surface area contributed by atoms with Crippen LogP contribution in [0.3, 0.4) is 0 Å². The van der Waals surface area contributed by atoms with Crippen molar-refractivity contribution in [3.8, 4) is 17.2 Å². The molecule has 0 aliphatic carbocycles. The fourth-order valence-corrected chi connectivity index (χ4v) is 2.08. The lowest BCUT2D eigenvalue weighted by Crippen LogP contribution is -2.18. The molecule has 0 saturated heterocycles. The average molecular weight is 312 g/mol. The van der Waals surface area contributed by atoms with E-state index in [1.165, 1.54) is 0 Å². The number of methoxy groups -OCH3 is 1. The van der Waals surface area contributed by atoms with Gasteiger partial charge in [-0.2, -0.15) is 4.98 Å². The number of nitrogens with zero attached hydrogens (tertiary/aromatic N) is 2. The van der Waals surface area contributed by atoms with Gasteiger partial charge in [0.25, 0.3) is 5.89 Å². The summed E-state index contributed by atoms with van der Waals surface area (Å²) in [4.78, 5) is 4.30. The zero-order valence-corrected chi connectivity index (χ0v) is 11.8. The molecule has 18 heavy (non-hydrogen) atoms. The van der Waals surface area contributed by atoms with E-state index in [4.69, 9.17) is 15.0 Å². The number of aromatic nitrogens is 2. The quantitative estimate of drug-likeness (QED) is 0.938. The first kappa shape index (κ1) is 13.0. The van der Waals surface area contributed by atoms with Crippen LogP contribution in [0, 0.1) is 0 Å². The summed E-state index contributed by atoms with van der Waals surface area (Å²) in [5, 5.41) is 3.89. The highest BCUT2D eigenvalue weighted by Gasteiger charge is 2.11. The number of nitrogens with two attached hydrogens (primary N) is 1. The van der Waals surface area contributed by atoms with Gasteiger partial charge >= 0.3 is 0 Å². The number of benzene rings is 1. The normalized spacial score (nSPS) is 12.4. The molecule has 1 aromatic carbocycles. The molecular formula is C12H14BrN3O2. The number of rotatable bonds is 4. The molecular weight excluding hydrogens is 298 g/mol. The molecule has 1 atom stereocenters. The largest absolute Gasteiger partial charge is 0.496 e. The molecule has 1 heterocycles. The number of ether oxygens (including phenoxy) is 1. The summed E-state index contributed by atoms with van der Waals surface area (Å²) >= 11 is 3.42. The van der Waals surface area contributed by atoms with Crippen LogP contribution in [0.4, 0.5) is 0 Å². The third-order valence-electron chi connectivity index (χ3n) is 2.37. The molecule has 2 rings (SSSR count). The summed E-state index contributed by atoms with van der Waals surface area (Å²) in [7, 11) is 1.62. The second kappa shape index (κ2) is 5.49. The van der Waals surface area contributed by atoms with Crippen molar-refractivity contribution < 1.29 is 9.26 Å². The second-order valence-corrected chi connectivity index (χ2v) is 4.90. The van der Waals surface area contributed by atoms with Crippen LogP contribution in [-0.2, 0) is 6.42 Å². The van der Waals surface area contributed by atoms with Crippen LogP contribution < -0.4 is 10.5 Å². The lowest BCUT2D eigenvalue weighted by Gasteiger charge is -2.03. The Balaban J connectivity index is 2.26. The third kappa shape index (κ3) is 2.88. The van der Waals surface area contributed by atoms with Crippen molar-refractivity contribution in [3.05, 3.63) is 28.5 Å². The lowest BCUT2D eigenvalue weighted by atomic mass is 10.2. The Bertz CT molecular complexity index is 540. The number of halogens is 1. The average Bonchev–Trinajstić information content (AvgIpc) is 2.76. The SMILES string of the molecule is COc1ccc(-c2nc(CC(C)N)no2)cc1Br. The van der Waals surface area contributed by atoms with Gasteiger partial charge in [0.05, 0.1) is 11.6 Å². The molecule has 96 valence electrons. The van der Waals surface area contributed by atoms with Crippen molar-refractivity contribution in [2.75, 3.05) is 7.11 Å². The Labute approximate surface area is 113 Å². The minimum Gasteiger partial charge on any atom is -0.496 e. The van der Waals surface area contributed by atoms with E-state index in [0.29, 0.717) is 18.1 Å². The first-order valence-electron chi connectivity index (χ1n) is 5.52. The molecule has 2 aromatic rings. The Morgan fingerprint density at radius 1 is 1.50 bits per heavy atom. The van der Waals surface area contributed by atoms with Crippen molar-refractivity contribution in [3.63, 3.8) is 0 Å². The molecule has 0 spiro atoms. The lowest BCUT2D eigenvalue weighted by molar-refractivity contribution is 0.411. The van der Waals surface area contributed by atoms with E-state index < -0.39 is 0 Å². The number of hydrogen-bond acceptors (Lipinski definition) is 5. The van der Waals surface area contributed by atoms with Crippen LogP contribution in [0.15, 0.2) is 27.2 Å². The van der Waals surface area contributed by atoms with E-state index in [9.17, 15) is 0 Å². The maximum atomic E-state index is 5.69. The van der Waals surface area contributed by atoms with E-state index in [1.807, 2.05) is 25.1 Å². The maximum Gasteiger partial charge on any atom is 0.257 e. The van der Waals surface area contributed by atoms with Crippen molar-refractivity contribution >= 4 is 15.9 Å². The minimum atomic E-state index is 0.0121. The summed E-state index contributed by atoms with van der Waals surface area (Å²) in [6.45, 7) is 1.90. The summed E-state index contributed by atoms with van der Waals surface area (Å²) in [5.41, 5.74) is 6.53. The molecule has 0 saturated carbocycles. The van der Waals surface area contributed by atoms with Gasteiger partial charge in [-0.3, -0.25) is 0 Å². The first-order valence-corrected chi connectivity index (χ1v) is 6.31. The Hall–Kier alpha value is -1.40. The molecule has 0 fully saturated rings. The molecule has 1 aromatic heterocycles. The van der Waals surface area contributed by atoms with Crippen molar-refractivity contribution in [2.45, 2.75) is 19.4 Å². The van der Waals surface area contributed by atoms with Crippen LogP contribution >= 0.6 is 15.9 Å². The van der Waals surface area contributed by atoms with Crippen molar-refractivity contribution in [1.82, 2.24) is 10.1 Å². The van der Waals surface area contributed by atoms with Crippen LogP contribution in [0.25, 0.3) is 11.5 Å². The molecule has 1 unspecified atom stereocenters. The summed E-state index contributed by atoms with van der Waals surface area (Å²) in [6.07, 6.45) is 0.598. The van der Waals surface area contributed by atoms with Gasteiger partial charge in [-0.15, -0.1) is 0 Å². The van der Waals surface area contributed by atoms with Gasteiger partial charge in [-0.25, -0.2) is 0 Å². The molecule has 5 nitrogen and oxygen atoms in total. The Kier molecular flexibility index (Phi) is 3.98. The predicted octanol–water partition coefficient (Wildman–Crippen LogP) is 2.40. The highest BCUT2D eigenvalue weighted by molar-refractivity contribution is 9.10. The van der Waals surface area contributed by atoms with E-state index >= 15 is 0 Å². The molecule has 0 aliphatic heterocycles. The van der Waals surface area contributed by atoms with E-state index in [-0.39, 0.29) is 6.04 Å². The summed E-state index contributed by atoms with van der Waals surface area (Å²) in [5.74, 6) is 1.86. The zero-order valence-electron chi connectivity index (χ0n) is 10.2. The van der Waals surface area contributed by atoms with E-state index in [2.05, 4.69) is 26.1 Å². The molecule has 0 aliphatic rings. The van der Waals surface area contributed by atoms with Crippen LogP contribution in [0.5, 0.6) is 5.75 Å². The van der Waals surface area contributed by atoms with Gasteiger partial charge in [0.2, 0.25) is 0 Å². The smallest absolute Gasteiger partial charge is 0.257 e. The van der Waals surface area contributed by atoms with Gasteiger partial charge in [0.15, 0.2) is 5.82 Å². The molecule has 6 heteroatoms. The summed E-state index contributed by atoms with van der Waals surface area (Å²) in [6, 6.07) is 5.60. The predicted molar refractivity (Wildman–Crippen MR) is 71.3 cm³/mol. The van der Waals surface area contributed by atoms with Crippen molar-refractivity contribution in [2.24, 2.45) is 5.73 Å². The highest BCUT2D eigenvalue weighted by atomic mass is 79.9. The molecule has 0 radical (unpaired) electrons. The van der Waals surface area contributed by atoms with Gasteiger partial charge in [-0.1, -0.05) is 5.16 Å². The summed E-state index contributed by atoms with van der Waals surface area (Å²) < 4.78 is 11.2. The molecule has 0 bridgehead atoms. The van der Waals surface area contributed by atoms with Crippen LogP contribution in [-0.4, -0.2) is 23.3 Å².